The van der Waals surface area contributed by atoms with Crippen molar-refractivity contribution in [2.24, 2.45) is 4.99 Å². The van der Waals surface area contributed by atoms with Crippen molar-refractivity contribution < 1.29 is 0 Å². The third-order valence-corrected chi connectivity index (χ3v) is 0.763. The predicted molar refractivity (Wildman–Crippen MR) is 39.6 cm³/mol. The maximum atomic E-state index is 3.85. The lowest BCUT2D eigenvalue weighted by atomic mass is 11.2. The number of rotatable bonds is 3. The summed E-state index contributed by atoms with van der Waals surface area (Å²) < 4.78 is 0.798. The predicted octanol–water partition coefficient (Wildman–Crippen LogP) is 0.131. The molecule has 0 rings (SSSR count). The summed E-state index contributed by atoms with van der Waals surface area (Å²) >= 11 is 2.16. The Labute approximate surface area is 56.7 Å². The lowest BCUT2D eigenvalue weighted by molar-refractivity contribution is 0.781. The van der Waals surface area contributed by atoms with Crippen LogP contribution >= 0.6 is 22.6 Å². The van der Waals surface area contributed by atoms with Crippen LogP contribution in [0.25, 0.3) is 0 Å². The zero-order chi connectivity index (χ0) is 5.54. The average Bonchev–Trinajstić information content (AvgIpc) is 1.69. The van der Waals surface area contributed by atoms with Gasteiger partial charge in [-0.15, -0.1) is 0 Å². The second kappa shape index (κ2) is 6.16. The Morgan fingerprint density at radius 1 is 1.86 bits per heavy atom. The highest BCUT2D eigenvalue weighted by Crippen LogP contribution is 1.76. The molecule has 0 radical (unpaired) electrons. The van der Waals surface area contributed by atoms with Crippen molar-refractivity contribution in [1.82, 2.24) is 10.9 Å². The van der Waals surface area contributed by atoms with Crippen LogP contribution in [0, 0.1) is 0 Å². The molecule has 0 amide bonds. The van der Waals surface area contributed by atoms with E-state index in [0.717, 1.165) is 4.55 Å². The Balaban J connectivity index is 2.78. The first kappa shape index (κ1) is 7.16. The molecule has 3 nitrogen and oxygen atoms in total. The fourth-order valence-electron chi connectivity index (χ4n) is 0.145. The summed E-state index contributed by atoms with van der Waals surface area (Å²) in [6.07, 6.45) is 1.62. The summed E-state index contributed by atoms with van der Waals surface area (Å²) in [5.74, 6) is 0. The highest BCUT2D eigenvalue weighted by atomic mass is 127. The molecule has 0 aliphatic carbocycles. The van der Waals surface area contributed by atoms with E-state index < -0.39 is 0 Å². The van der Waals surface area contributed by atoms with Crippen molar-refractivity contribution >= 4 is 28.9 Å². The van der Waals surface area contributed by atoms with E-state index in [-0.39, 0.29) is 0 Å². The minimum absolute atomic E-state index is 0.798. The molecule has 0 aromatic carbocycles. The number of hydrazine groups is 1. The lowest BCUT2D eigenvalue weighted by Crippen LogP contribution is -2.25. The molecule has 0 aliphatic heterocycles. The molecule has 7 heavy (non-hydrogen) atoms. The number of hydrogen-bond acceptors (Lipinski definition) is 2. The van der Waals surface area contributed by atoms with Gasteiger partial charge in [0.05, 0.1) is 10.9 Å². The maximum absolute atomic E-state index is 3.85. The van der Waals surface area contributed by atoms with Crippen molar-refractivity contribution in [1.29, 1.82) is 0 Å². The molecule has 0 heterocycles. The second-order valence-corrected chi connectivity index (χ2v) is 1.51. The van der Waals surface area contributed by atoms with Crippen LogP contribution in [-0.4, -0.2) is 17.9 Å². The van der Waals surface area contributed by atoms with Gasteiger partial charge in [0.25, 0.3) is 0 Å². The van der Waals surface area contributed by atoms with Crippen LogP contribution < -0.4 is 10.9 Å². The van der Waals surface area contributed by atoms with E-state index in [1.165, 1.54) is 0 Å². The summed E-state index contributed by atoms with van der Waals surface area (Å²) in [7, 11) is 1.79. The number of halogens is 1. The molecule has 42 valence electrons. The molecule has 0 aromatic heterocycles. The lowest BCUT2D eigenvalue weighted by Gasteiger charge is -1.89. The van der Waals surface area contributed by atoms with E-state index in [4.69, 9.17) is 0 Å². The standard InChI is InChI=1S/C3H8IN3/c1-5-7-3-6-2-4/h3,5H,2H2,1H3,(H,6,7). The van der Waals surface area contributed by atoms with E-state index in [9.17, 15) is 0 Å². The van der Waals surface area contributed by atoms with Crippen LogP contribution in [-0.2, 0) is 0 Å². The highest BCUT2D eigenvalue weighted by molar-refractivity contribution is 14.1. The normalized spacial score (nSPS) is 10.0. The van der Waals surface area contributed by atoms with Gasteiger partial charge in [-0.25, -0.2) is 5.43 Å². The number of aliphatic imine (C=N–C) groups is 1. The fourth-order valence-corrected chi connectivity index (χ4v) is 0.342. The zero-order valence-electron chi connectivity index (χ0n) is 4.11. The number of nitrogens with one attached hydrogen (secondary N) is 2. The summed E-state index contributed by atoms with van der Waals surface area (Å²) in [4.78, 5) is 3.85. The Morgan fingerprint density at radius 2 is 2.57 bits per heavy atom. The molecular weight excluding hydrogens is 205 g/mol. The third-order valence-electron chi connectivity index (χ3n) is 0.369. The number of hydrogen-bond donors (Lipinski definition) is 2. The van der Waals surface area contributed by atoms with E-state index in [2.05, 4.69) is 38.4 Å². The van der Waals surface area contributed by atoms with Gasteiger partial charge >= 0.3 is 0 Å². The van der Waals surface area contributed by atoms with Crippen LogP contribution in [0.5, 0.6) is 0 Å². The van der Waals surface area contributed by atoms with E-state index in [0.29, 0.717) is 0 Å². The minimum atomic E-state index is 0.798. The Bertz CT molecular complexity index is 54.1. The zero-order valence-corrected chi connectivity index (χ0v) is 6.27. The average molecular weight is 213 g/mol. The molecule has 0 unspecified atom stereocenters. The van der Waals surface area contributed by atoms with Crippen molar-refractivity contribution in [3.8, 4) is 0 Å². The van der Waals surface area contributed by atoms with Gasteiger partial charge in [0, 0.05) is 7.05 Å². The van der Waals surface area contributed by atoms with Gasteiger partial charge in [-0.3, -0.25) is 4.99 Å². The fraction of sp³-hybridized carbons (Fsp3) is 0.667. The molecular formula is C3H8IN3. The Morgan fingerprint density at radius 3 is 3.00 bits per heavy atom. The van der Waals surface area contributed by atoms with E-state index in [1.54, 1.807) is 13.4 Å². The largest absolute Gasteiger partial charge is 0.312 e. The molecule has 0 saturated heterocycles. The highest BCUT2D eigenvalue weighted by Gasteiger charge is 1.62. The third kappa shape index (κ3) is 6.16. The summed E-state index contributed by atoms with van der Waals surface area (Å²) in [6, 6.07) is 0. The minimum Gasteiger partial charge on any atom is -0.312 e. The van der Waals surface area contributed by atoms with Gasteiger partial charge in [-0.1, -0.05) is 22.6 Å². The first-order valence-corrected chi connectivity index (χ1v) is 3.41. The molecule has 0 spiro atoms. The van der Waals surface area contributed by atoms with Gasteiger partial charge in [0.15, 0.2) is 0 Å². The molecule has 2 N–H and O–H groups in total. The van der Waals surface area contributed by atoms with Crippen LogP contribution in [0.3, 0.4) is 0 Å². The smallest absolute Gasteiger partial charge is 0.0975 e. The van der Waals surface area contributed by atoms with Crippen molar-refractivity contribution in [3.05, 3.63) is 0 Å². The summed E-state index contributed by atoms with van der Waals surface area (Å²) in [5, 5.41) is 0. The molecule has 0 aromatic rings. The van der Waals surface area contributed by atoms with Gasteiger partial charge < -0.3 is 5.43 Å². The van der Waals surface area contributed by atoms with Crippen LogP contribution in [0.1, 0.15) is 0 Å². The molecule has 4 heteroatoms. The number of nitrogens with zero attached hydrogens (tertiary/aromatic N) is 1. The van der Waals surface area contributed by atoms with E-state index >= 15 is 0 Å². The van der Waals surface area contributed by atoms with Crippen molar-refractivity contribution in [3.63, 3.8) is 0 Å². The molecule has 0 fully saturated rings. The molecule has 0 aliphatic rings. The topological polar surface area (TPSA) is 36.4 Å². The molecule has 0 atom stereocenters. The monoisotopic (exact) mass is 213 g/mol. The Kier molecular flexibility index (Phi) is 6.30. The first-order chi connectivity index (χ1) is 3.41. The summed E-state index contributed by atoms with van der Waals surface area (Å²) in [5.41, 5.74) is 5.40. The van der Waals surface area contributed by atoms with Gasteiger partial charge in [0.2, 0.25) is 0 Å². The van der Waals surface area contributed by atoms with E-state index in [1.807, 2.05) is 0 Å². The van der Waals surface area contributed by atoms with Crippen molar-refractivity contribution in [2.75, 3.05) is 11.6 Å². The maximum Gasteiger partial charge on any atom is 0.0975 e. The van der Waals surface area contributed by atoms with Crippen LogP contribution in [0.4, 0.5) is 0 Å². The summed E-state index contributed by atoms with van der Waals surface area (Å²) in [6.45, 7) is 0. The van der Waals surface area contributed by atoms with Gasteiger partial charge in [0.1, 0.15) is 0 Å². The Hall–Kier alpha value is 0.160. The SMILES string of the molecule is CNNC=NCI. The number of alkyl halides is 1. The molecule has 0 bridgehead atoms. The van der Waals surface area contributed by atoms with Crippen LogP contribution in [0.2, 0.25) is 0 Å². The first-order valence-electron chi connectivity index (χ1n) is 1.88. The quantitative estimate of drug-likeness (QED) is 0.174. The van der Waals surface area contributed by atoms with Crippen LogP contribution in [0.15, 0.2) is 4.99 Å². The van der Waals surface area contributed by atoms with Crippen molar-refractivity contribution in [2.45, 2.75) is 0 Å². The van der Waals surface area contributed by atoms with Gasteiger partial charge in [-0.2, -0.15) is 0 Å². The second-order valence-electron chi connectivity index (χ2n) is 0.826. The van der Waals surface area contributed by atoms with Gasteiger partial charge in [-0.05, 0) is 0 Å². The molecule has 0 saturated carbocycles.